The lowest BCUT2D eigenvalue weighted by Gasteiger charge is -2.47. The summed E-state index contributed by atoms with van der Waals surface area (Å²) in [6.07, 6.45) is -6.43. The Morgan fingerprint density at radius 2 is 1.70 bits per heavy atom. The largest absolute Gasteiger partial charge is 0.465 e. The molecule has 1 amide bonds. The third-order valence-electron chi connectivity index (χ3n) is 7.40. The second kappa shape index (κ2) is 13.4. The number of hydroxylamine groups is 1. The molecule has 3 aromatic rings. The van der Waals surface area contributed by atoms with Crippen LogP contribution in [0.3, 0.4) is 0 Å². The predicted octanol–water partition coefficient (Wildman–Crippen LogP) is 6.11. The minimum Gasteiger partial charge on any atom is -0.465 e. The second-order valence-corrected chi connectivity index (χ2v) is 10.8. The number of piperazine rings is 1. The zero-order valence-corrected chi connectivity index (χ0v) is 23.7. The number of alkyl halides is 3. The second-order valence-electron chi connectivity index (χ2n) is 10.8. The molecule has 230 valence electrons. The van der Waals surface area contributed by atoms with Gasteiger partial charge in [0.1, 0.15) is 17.1 Å². The Kier molecular flexibility index (Phi) is 9.89. The summed E-state index contributed by atoms with van der Waals surface area (Å²) in [5.74, 6) is -0.384. The fraction of sp³-hybridized carbons (Fsp3) is 0.367. The molecule has 3 aromatic carbocycles. The van der Waals surface area contributed by atoms with Crippen molar-refractivity contribution in [2.45, 2.75) is 44.6 Å². The van der Waals surface area contributed by atoms with Gasteiger partial charge in [-0.2, -0.15) is 13.2 Å². The molecule has 0 aromatic heterocycles. The Morgan fingerprint density at radius 3 is 2.30 bits per heavy atom. The van der Waals surface area contributed by atoms with Crippen molar-refractivity contribution in [2.75, 3.05) is 26.2 Å². The summed E-state index contributed by atoms with van der Waals surface area (Å²) >= 11 is 0. The minimum atomic E-state index is -4.95. The lowest BCUT2D eigenvalue weighted by atomic mass is 9.87. The Hall–Kier alpha value is -4.20. The predicted molar refractivity (Wildman–Crippen MR) is 152 cm³/mol. The maximum absolute atomic E-state index is 14.6. The van der Waals surface area contributed by atoms with Crippen LogP contribution in [-0.2, 0) is 24.0 Å². The van der Waals surface area contributed by atoms with Gasteiger partial charge in [0.25, 0.3) is 5.69 Å². The van der Waals surface area contributed by atoms with Gasteiger partial charge in [0.15, 0.2) is 0 Å². The van der Waals surface area contributed by atoms with Crippen molar-refractivity contribution in [1.82, 2.24) is 15.3 Å². The van der Waals surface area contributed by atoms with Crippen LogP contribution in [0.5, 0.6) is 11.5 Å². The molecule has 0 unspecified atom stereocenters. The number of amides is 1. The first-order valence-electron chi connectivity index (χ1n) is 13.6. The highest BCUT2D eigenvalue weighted by Gasteiger charge is 2.44. The third-order valence-corrected chi connectivity index (χ3v) is 7.40. The SMILES string of the molecule is CC(C)(Cc1c([N+](=O)[O-])ccc(Oc2ccccc2)c1C(F)(F)F)N1CCN(C(=O)O)[C@@H](CNOCc2ccccc2)C1. The molecule has 1 aliphatic heterocycles. The molecule has 0 spiro atoms. The summed E-state index contributed by atoms with van der Waals surface area (Å²) in [6.45, 7) is 4.23. The van der Waals surface area contributed by atoms with E-state index in [0.29, 0.717) is 0 Å². The molecule has 1 saturated heterocycles. The van der Waals surface area contributed by atoms with Gasteiger partial charge in [-0.25, -0.2) is 10.3 Å². The molecule has 4 rings (SSSR count). The smallest absolute Gasteiger partial charge is 0.420 e. The molecule has 0 bridgehead atoms. The Bertz CT molecular complexity index is 1410. The van der Waals surface area contributed by atoms with E-state index in [2.05, 4.69) is 5.48 Å². The number of nitro benzene ring substituents is 1. The van der Waals surface area contributed by atoms with E-state index in [1.165, 1.54) is 17.0 Å². The summed E-state index contributed by atoms with van der Waals surface area (Å²) in [5.41, 5.74) is 0.300. The highest BCUT2D eigenvalue weighted by atomic mass is 19.4. The van der Waals surface area contributed by atoms with Crippen LogP contribution in [-0.4, -0.2) is 63.7 Å². The summed E-state index contributed by atoms with van der Waals surface area (Å²) in [5, 5.41) is 21.7. The standard InChI is InChI=1S/C30H33F3N4O6/c1-29(2,35-15-16-36(28(38)39)22(19-35)18-34-42-20-21-9-5-3-6-10-21)17-24-25(37(40)41)13-14-26(27(24)30(31,32)33)43-23-11-7-4-8-12-23/h3-14,22,34H,15-20H2,1-2H3,(H,38,39)/t22-/m0/s1. The maximum Gasteiger partial charge on any atom is 0.420 e. The summed E-state index contributed by atoms with van der Waals surface area (Å²) in [6, 6.07) is 18.6. The van der Waals surface area contributed by atoms with E-state index in [9.17, 15) is 33.2 Å². The maximum atomic E-state index is 14.6. The molecule has 0 saturated carbocycles. The minimum absolute atomic E-state index is 0.0924. The average molecular weight is 603 g/mol. The van der Waals surface area contributed by atoms with E-state index >= 15 is 0 Å². The molecule has 43 heavy (non-hydrogen) atoms. The number of carboxylic acid groups (broad SMARTS) is 1. The number of para-hydroxylation sites is 1. The van der Waals surface area contributed by atoms with Crippen molar-refractivity contribution in [3.8, 4) is 11.5 Å². The summed E-state index contributed by atoms with van der Waals surface area (Å²) in [4.78, 5) is 31.7. The average Bonchev–Trinajstić information content (AvgIpc) is 2.95. The van der Waals surface area contributed by atoms with Gasteiger partial charge < -0.3 is 14.7 Å². The van der Waals surface area contributed by atoms with E-state index in [1.807, 2.05) is 35.2 Å². The van der Waals surface area contributed by atoms with Crippen molar-refractivity contribution < 1.29 is 37.6 Å². The molecule has 0 aliphatic carbocycles. The number of carbonyl (C=O) groups is 1. The van der Waals surface area contributed by atoms with E-state index in [-0.39, 0.29) is 45.0 Å². The number of benzene rings is 3. The topological polar surface area (TPSA) is 117 Å². The monoisotopic (exact) mass is 602 g/mol. The fourth-order valence-corrected chi connectivity index (χ4v) is 5.22. The number of rotatable bonds is 11. The fourth-order valence-electron chi connectivity index (χ4n) is 5.22. The quantitative estimate of drug-likeness (QED) is 0.153. The number of halogens is 3. The molecule has 1 aliphatic rings. The van der Waals surface area contributed by atoms with Gasteiger partial charge in [-0.1, -0.05) is 48.5 Å². The van der Waals surface area contributed by atoms with Gasteiger partial charge in [0, 0.05) is 43.3 Å². The lowest BCUT2D eigenvalue weighted by molar-refractivity contribution is -0.386. The van der Waals surface area contributed by atoms with E-state index in [1.54, 1.807) is 32.0 Å². The van der Waals surface area contributed by atoms with Gasteiger partial charge >= 0.3 is 12.3 Å². The normalized spacial score (nSPS) is 16.2. The zero-order valence-electron chi connectivity index (χ0n) is 23.7. The Labute approximate surface area is 246 Å². The van der Waals surface area contributed by atoms with Crippen molar-refractivity contribution in [3.05, 3.63) is 99.6 Å². The van der Waals surface area contributed by atoms with E-state index in [0.717, 1.165) is 17.7 Å². The third kappa shape index (κ3) is 8.00. The van der Waals surface area contributed by atoms with Crippen LogP contribution in [0.15, 0.2) is 72.8 Å². The molecule has 2 N–H and O–H groups in total. The number of nitro groups is 1. The van der Waals surface area contributed by atoms with Crippen LogP contribution in [0, 0.1) is 10.1 Å². The van der Waals surface area contributed by atoms with Gasteiger partial charge in [0.2, 0.25) is 0 Å². The Morgan fingerprint density at radius 1 is 1.05 bits per heavy atom. The van der Waals surface area contributed by atoms with Crippen molar-refractivity contribution >= 4 is 11.8 Å². The first-order chi connectivity index (χ1) is 20.4. The molecule has 10 nitrogen and oxygen atoms in total. The summed E-state index contributed by atoms with van der Waals surface area (Å²) in [7, 11) is 0. The van der Waals surface area contributed by atoms with Crippen LogP contribution in [0.2, 0.25) is 0 Å². The molecular weight excluding hydrogens is 569 g/mol. The summed E-state index contributed by atoms with van der Waals surface area (Å²) < 4.78 is 49.2. The van der Waals surface area contributed by atoms with E-state index < -0.39 is 51.3 Å². The van der Waals surface area contributed by atoms with Crippen molar-refractivity contribution in [2.24, 2.45) is 0 Å². The molecule has 13 heteroatoms. The van der Waals surface area contributed by atoms with Crippen molar-refractivity contribution in [1.29, 1.82) is 0 Å². The number of nitrogens with zero attached hydrogens (tertiary/aromatic N) is 3. The highest BCUT2D eigenvalue weighted by Crippen LogP contribution is 2.45. The molecule has 1 atom stereocenters. The number of ether oxygens (including phenoxy) is 1. The van der Waals surface area contributed by atoms with Gasteiger partial charge in [-0.3, -0.25) is 19.9 Å². The van der Waals surface area contributed by atoms with Gasteiger partial charge in [-0.15, -0.1) is 0 Å². The van der Waals surface area contributed by atoms with Crippen LogP contribution < -0.4 is 10.2 Å². The lowest BCUT2D eigenvalue weighted by Crippen LogP contribution is -2.62. The molecular formula is C30H33F3N4O6. The first-order valence-corrected chi connectivity index (χ1v) is 13.6. The van der Waals surface area contributed by atoms with Crippen LogP contribution >= 0.6 is 0 Å². The van der Waals surface area contributed by atoms with Gasteiger partial charge in [0.05, 0.1) is 17.6 Å². The highest BCUT2D eigenvalue weighted by molar-refractivity contribution is 5.65. The number of hydrogen-bond acceptors (Lipinski definition) is 7. The number of hydrogen-bond donors (Lipinski definition) is 2. The van der Waals surface area contributed by atoms with Crippen LogP contribution in [0.25, 0.3) is 0 Å². The molecule has 1 fully saturated rings. The van der Waals surface area contributed by atoms with Crippen LogP contribution in [0.1, 0.15) is 30.5 Å². The zero-order chi connectivity index (χ0) is 31.2. The van der Waals surface area contributed by atoms with Crippen LogP contribution in [0.4, 0.5) is 23.7 Å². The molecule has 1 heterocycles. The van der Waals surface area contributed by atoms with Gasteiger partial charge in [-0.05, 0) is 44.0 Å². The van der Waals surface area contributed by atoms with E-state index in [4.69, 9.17) is 9.57 Å². The molecule has 0 radical (unpaired) electrons. The first kappa shape index (κ1) is 31.7. The number of nitrogens with one attached hydrogen (secondary N) is 1. The van der Waals surface area contributed by atoms with Crippen molar-refractivity contribution in [3.63, 3.8) is 0 Å². The Balaban J connectivity index is 1.58.